The van der Waals surface area contributed by atoms with E-state index >= 15 is 0 Å². The fourth-order valence-electron chi connectivity index (χ4n) is 5.34. The van der Waals surface area contributed by atoms with Gasteiger partial charge in [0.25, 0.3) is 5.91 Å². The van der Waals surface area contributed by atoms with Crippen molar-refractivity contribution in [2.75, 3.05) is 18.1 Å². The summed E-state index contributed by atoms with van der Waals surface area (Å²) in [5.41, 5.74) is 14.9. The number of ether oxygens (including phenoxy) is 1. The van der Waals surface area contributed by atoms with E-state index in [9.17, 15) is 4.79 Å². The van der Waals surface area contributed by atoms with Crippen molar-refractivity contribution in [2.24, 2.45) is 35.3 Å². The number of aryl methyl sites for hydroxylation is 2. The van der Waals surface area contributed by atoms with Crippen molar-refractivity contribution in [3.8, 4) is 0 Å². The summed E-state index contributed by atoms with van der Waals surface area (Å²) in [7, 11) is 1.91. The first-order chi connectivity index (χ1) is 18.5. The molecule has 1 atom stereocenters. The minimum absolute atomic E-state index is 0.301. The summed E-state index contributed by atoms with van der Waals surface area (Å²) in [4.78, 5) is 24.5. The normalized spacial score (nSPS) is 19.3. The van der Waals surface area contributed by atoms with Crippen LogP contribution < -0.4 is 16.4 Å². The van der Waals surface area contributed by atoms with Gasteiger partial charge >= 0.3 is 0 Å². The van der Waals surface area contributed by atoms with Crippen molar-refractivity contribution in [1.29, 1.82) is 0 Å². The van der Waals surface area contributed by atoms with Crippen LogP contribution in [0.15, 0.2) is 39.6 Å². The molecule has 10 heteroatoms. The lowest BCUT2D eigenvalue weighted by Crippen LogP contribution is -2.40. The Kier molecular flexibility index (Phi) is 8.73. The highest BCUT2D eigenvalue weighted by molar-refractivity contribution is 7.80. The fourth-order valence-corrected chi connectivity index (χ4v) is 5.60. The van der Waals surface area contributed by atoms with Gasteiger partial charge in [-0.3, -0.25) is 9.48 Å². The molecule has 0 spiro atoms. The van der Waals surface area contributed by atoms with Crippen molar-refractivity contribution in [3.63, 3.8) is 0 Å². The van der Waals surface area contributed by atoms with Crippen LogP contribution in [0, 0.1) is 18.8 Å². The lowest BCUT2D eigenvalue weighted by Gasteiger charge is -2.33. The highest BCUT2D eigenvalue weighted by Crippen LogP contribution is 2.40. The van der Waals surface area contributed by atoms with E-state index in [0.717, 1.165) is 41.5 Å². The average molecular weight is 552 g/mol. The molecule has 9 nitrogen and oxygen atoms in total. The SMILES string of the molecule is CCCC(COC(N)=CC=Nc1ccc(C(N)=O)c(N2C/C(=C\c3c(S)c(C)nn3C)CC2(C)C)n1)C1CC1. The Morgan fingerprint density at radius 2 is 2.08 bits per heavy atom. The molecule has 1 unspecified atom stereocenters. The predicted molar refractivity (Wildman–Crippen MR) is 159 cm³/mol. The van der Waals surface area contributed by atoms with Gasteiger partial charge in [-0.25, -0.2) is 9.98 Å². The summed E-state index contributed by atoms with van der Waals surface area (Å²) < 4.78 is 7.63. The number of allylic oxidation sites excluding steroid dienone is 1. The molecule has 1 saturated heterocycles. The summed E-state index contributed by atoms with van der Waals surface area (Å²) >= 11 is 4.63. The first-order valence-electron chi connectivity index (χ1n) is 13.6. The molecule has 3 heterocycles. The molecular formula is C29H41N7O2S. The van der Waals surface area contributed by atoms with Crippen LogP contribution in [0.1, 0.15) is 74.6 Å². The molecule has 0 aromatic carbocycles. The molecule has 2 fully saturated rings. The molecule has 39 heavy (non-hydrogen) atoms. The molecule has 1 aliphatic heterocycles. The Hall–Kier alpha value is -3.27. The second-order valence-corrected chi connectivity index (χ2v) is 11.7. The first kappa shape index (κ1) is 28.7. The lowest BCUT2D eigenvalue weighted by atomic mass is 9.99. The number of carbonyl (C=O) groups excluding carboxylic acids is 1. The molecule has 2 aromatic heterocycles. The number of nitrogens with two attached hydrogens (primary N) is 2. The second kappa shape index (κ2) is 11.9. The smallest absolute Gasteiger partial charge is 0.252 e. The quantitative estimate of drug-likeness (QED) is 0.207. The van der Waals surface area contributed by atoms with Gasteiger partial charge < -0.3 is 21.1 Å². The van der Waals surface area contributed by atoms with E-state index in [4.69, 9.17) is 21.2 Å². The Balaban J connectivity index is 1.53. The molecule has 4 N–H and O–H groups in total. The Morgan fingerprint density at radius 1 is 1.33 bits per heavy atom. The molecule has 1 saturated carbocycles. The lowest BCUT2D eigenvalue weighted by molar-refractivity contribution is 0.100. The first-order valence-corrected chi connectivity index (χ1v) is 14.1. The van der Waals surface area contributed by atoms with E-state index in [1.54, 1.807) is 24.4 Å². The van der Waals surface area contributed by atoms with Crippen LogP contribution in [0.25, 0.3) is 6.08 Å². The molecule has 2 aliphatic rings. The average Bonchev–Trinajstić information content (AvgIpc) is 3.63. The number of hydrogen-bond donors (Lipinski definition) is 3. The van der Waals surface area contributed by atoms with Crippen LogP contribution in [0.3, 0.4) is 0 Å². The Labute approximate surface area is 236 Å². The molecule has 4 rings (SSSR count). The van der Waals surface area contributed by atoms with Crippen molar-refractivity contribution in [1.82, 2.24) is 14.8 Å². The molecule has 0 radical (unpaired) electrons. The number of anilines is 1. The topological polar surface area (TPSA) is 125 Å². The van der Waals surface area contributed by atoms with Gasteiger partial charge in [0.2, 0.25) is 0 Å². The molecule has 1 amide bonds. The zero-order valence-corrected chi connectivity index (χ0v) is 24.5. The Morgan fingerprint density at radius 3 is 2.69 bits per heavy atom. The largest absolute Gasteiger partial charge is 0.479 e. The highest BCUT2D eigenvalue weighted by Gasteiger charge is 2.38. The molecular weight excluding hydrogens is 510 g/mol. The monoisotopic (exact) mass is 551 g/mol. The van der Waals surface area contributed by atoms with E-state index in [1.165, 1.54) is 18.4 Å². The summed E-state index contributed by atoms with van der Waals surface area (Å²) in [5.74, 6) is 2.10. The number of aromatic nitrogens is 3. The zero-order chi connectivity index (χ0) is 28.3. The Bertz CT molecular complexity index is 1310. The summed E-state index contributed by atoms with van der Waals surface area (Å²) in [6.45, 7) is 9.62. The number of hydrogen-bond acceptors (Lipinski definition) is 8. The summed E-state index contributed by atoms with van der Waals surface area (Å²) in [6.07, 6.45) is 11.0. The third-order valence-corrected chi connectivity index (χ3v) is 8.12. The molecule has 0 bridgehead atoms. The van der Waals surface area contributed by atoms with Crippen LogP contribution >= 0.6 is 12.6 Å². The van der Waals surface area contributed by atoms with Gasteiger partial charge in [0.15, 0.2) is 11.7 Å². The standard InChI is InChI=1S/C29H41N7O2S/c1-6-7-21(20-8-9-20)17-38-24(30)12-13-32-25-11-10-22(27(31)37)28(33-25)36-16-19(15-29(36,3)4)14-23-26(39)18(2)34-35(23)5/h10-14,20-21,39H,6-9,15-17,30H2,1-5H3,(H2,31,37)/b19-14-,24-12?,32-13?. The van der Waals surface area contributed by atoms with Gasteiger partial charge in [-0.15, -0.1) is 12.6 Å². The molecule has 2 aromatic rings. The van der Waals surface area contributed by atoms with E-state index in [2.05, 4.69) is 54.5 Å². The number of primary amides is 1. The predicted octanol–water partition coefficient (Wildman–Crippen LogP) is 4.93. The van der Waals surface area contributed by atoms with Crippen LogP contribution in [-0.2, 0) is 11.8 Å². The number of aliphatic imine (C=N–C) groups is 1. The van der Waals surface area contributed by atoms with Crippen LogP contribution in [0.2, 0.25) is 0 Å². The van der Waals surface area contributed by atoms with Gasteiger partial charge in [0, 0.05) is 31.4 Å². The minimum atomic E-state index is -0.531. The highest BCUT2D eigenvalue weighted by atomic mass is 32.1. The number of carbonyl (C=O) groups is 1. The fraction of sp³-hybridized carbons (Fsp3) is 0.517. The summed E-state index contributed by atoms with van der Waals surface area (Å²) in [5, 5.41) is 4.46. The van der Waals surface area contributed by atoms with E-state index in [1.807, 2.05) is 18.7 Å². The maximum Gasteiger partial charge on any atom is 0.252 e. The van der Waals surface area contributed by atoms with E-state index < -0.39 is 5.91 Å². The maximum atomic E-state index is 12.3. The number of rotatable bonds is 11. The van der Waals surface area contributed by atoms with Crippen molar-refractivity contribution < 1.29 is 9.53 Å². The third-order valence-electron chi connectivity index (χ3n) is 7.57. The van der Waals surface area contributed by atoms with Crippen molar-refractivity contribution in [3.05, 3.63) is 46.6 Å². The number of pyridine rings is 1. The van der Waals surface area contributed by atoms with Crippen molar-refractivity contribution >= 4 is 42.5 Å². The van der Waals surface area contributed by atoms with Gasteiger partial charge in [-0.2, -0.15) is 5.10 Å². The van der Waals surface area contributed by atoms with Gasteiger partial charge in [0.1, 0.15) is 5.82 Å². The minimum Gasteiger partial charge on any atom is -0.479 e. The maximum absolute atomic E-state index is 12.3. The van der Waals surface area contributed by atoms with Crippen molar-refractivity contribution in [2.45, 2.75) is 70.2 Å². The van der Waals surface area contributed by atoms with Crippen LogP contribution in [0.5, 0.6) is 0 Å². The van der Waals surface area contributed by atoms with Gasteiger partial charge in [-0.05, 0) is 82.1 Å². The van der Waals surface area contributed by atoms with Crippen LogP contribution in [0.4, 0.5) is 11.6 Å². The number of amides is 1. The van der Waals surface area contributed by atoms with Gasteiger partial charge in [0.05, 0.1) is 28.5 Å². The number of nitrogens with zero attached hydrogens (tertiary/aromatic N) is 5. The molecule has 1 aliphatic carbocycles. The van der Waals surface area contributed by atoms with E-state index in [0.29, 0.717) is 42.2 Å². The number of thiol groups is 1. The zero-order valence-electron chi connectivity index (χ0n) is 23.6. The second-order valence-electron chi connectivity index (χ2n) is 11.3. The summed E-state index contributed by atoms with van der Waals surface area (Å²) in [6, 6.07) is 3.36. The van der Waals surface area contributed by atoms with Crippen LogP contribution in [-0.4, -0.2) is 45.6 Å². The van der Waals surface area contributed by atoms with E-state index in [-0.39, 0.29) is 5.54 Å². The molecule has 210 valence electrons. The van der Waals surface area contributed by atoms with Gasteiger partial charge in [-0.1, -0.05) is 13.3 Å². The third kappa shape index (κ3) is 6.84.